The van der Waals surface area contributed by atoms with Crippen LogP contribution in [0.25, 0.3) is 0 Å². The van der Waals surface area contributed by atoms with E-state index in [0.29, 0.717) is 6.42 Å². The molecule has 0 heterocycles. The van der Waals surface area contributed by atoms with Crippen LogP contribution in [0.5, 0.6) is 0 Å². The number of benzene rings is 1. The Kier molecular flexibility index (Phi) is 5.05. The molecule has 0 fully saturated rings. The van der Waals surface area contributed by atoms with E-state index in [-0.39, 0.29) is 5.78 Å². The van der Waals surface area contributed by atoms with Crippen molar-refractivity contribution in [3.05, 3.63) is 35.9 Å². The zero-order chi connectivity index (χ0) is 11.1. The van der Waals surface area contributed by atoms with Crippen LogP contribution < -0.4 is 4.90 Å². The average molecular weight is 206 g/mol. The molecule has 1 rings (SSSR count). The molecule has 15 heavy (non-hydrogen) atoms. The Morgan fingerprint density at radius 1 is 1.13 bits per heavy atom. The number of ketones is 1. The van der Waals surface area contributed by atoms with E-state index in [9.17, 15) is 4.79 Å². The number of hydrogen-bond acceptors (Lipinski definition) is 1. The molecule has 2 heteroatoms. The highest BCUT2D eigenvalue weighted by atomic mass is 16.1. The number of hydrogen-bond donors (Lipinski definition) is 1. The van der Waals surface area contributed by atoms with Crippen molar-refractivity contribution in [3.63, 3.8) is 0 Å². The minimum atomic E-state index is 0.268. The van der Waals surface area contributed by atoms with Gasteiger partial charge in [0.05, 0.1) is 20.6 Å². The summed E-state index contributed by atoms with van der Waals surface area (Å²) in [7, 11) is 4.28. The van der Waals surface area contributed by atoms with Gasteiger partial charge in [0, 0.05) is 12.0 Å². The molecule has 2 nitrogen and oxygen atoms in total. The largest absolute Gasteiger partial charge is 0.340 e. The lowest BCUT2D eigenvalue weighted by Crippen LogP contribution is -3.05. The summed E-state index contributed by atoms with van der Waals surface area (Å²) in [5, 5.41) is 0. The fourth-order valence-electron chi connectivity index (χ4n) is 1.53. The molecule has 0 aromatic heterocycles. The van der Waals surface area contributed by atoms with E-state index in [2.05, 4.69) is 14.1 Å². The molecule has 82 valence electrons. The van der Waals surface area contributed by atoms with E-state index in [0.717, 1.165) is 24.9 Å². The van der Waals surface area contributed by atoms with E-state index >= 15 is 0 Å². The molecule has 0 amide bonds. The van der Waals surface area contributed by atoms with Crippen molar-refractivity contribution in [3.8, 4) is 0 Å². The number of quaternary nitrogens is 1. The number of rotatable bonds is 6. The zero-order valence-electron chi connectivity index (χ0n) is 9.62. The molecule has 0 saturated heterocycles. The minimum Gasteiger partial charge on any atom is -0.340 e. The minimum absolute atomic E-state index is 0.268. The first-order valence-corrected chi connectivity index (χ1v) is 5.57. The Labute approximate surface area is 91.9 Å². The van der Waals surface area contributed by atoms with Crippen molar-refractivity contribution in [1.29, 1.82) is 0 Å². The van der Waals surface area contributed by atoms with E-state index < -0.39 is 0 Å². The quantitative estimate of drug-likeness (QED) is 0.548. The predicted molar refractivity (Wildman–Crippen MR) is 62.3 cm³/mol. The summed E-state index contributed by atoms with van der Waals surface area (Å²) in [6.07, 6.45) is 2.80. The first kappa shape index (κ1) is 11.9. The second-order valence-electron chi connectivity index (χ2n) is 4.20. The number of carbonyl (C=O) groups excluding carboxylic acids is 1. The fraction of sp³-hybridized carbons (Fsp3) is 0.462. The Bertz CT molecular complexity index is 293. The standard InChI is InChI=1S/C13H19NO/c1-14(2)11-7-6-10-13(15)12-8-4-3-5-9-12/h3-5,8-9H,6-7,10-11H2,1-2H3/p+1. The predicted octanol–water partition coefficient (Wildman–Crippen LogP) is 1.18. The van der Waals surface area contributed by atoms with Crippen molar-refractivity contribution in [1.82, 2.24) is 0 Å². The highest BCUT2D eigenvalue weighted by Crippen LogP contribution is 2.05. The second-order valence-corrected chi connectivity index (χ2v) is 4.20. The molecular formula is C13H20NO+. The van der Waals surface area contributed by atoms with Crippen LogP contribution in [0.3, 0.4) is 0 Å². The molecule has 0 aliphatic rings. The third-order valence-corrected chi connectivity index (χ3v) is 2.43. The van der Waals surface area contributed by atoms with Crippen LogP contribution in [0.4, 0.5) is 0 Å². The number of nitrogens with one attached hydrogen (secondary N) is 1. The molecule has 0 bridgehead atoms. The number of Topliss-reactive ketones (excluding diaryl/α,β-unsaturated/α-hetero) is 1. The summed E-state index contributed by atoms with van der Waals surface area (Å²) in [4.78, 5) is 13.1. The molecule has 0 spiro atoms. The van der Waals surface area contributed by atoms with Gasteiger partial charge in [0.15, 0.2) is 5.78 Å². The maximum atomic E-state index is 11.7. The molecule has 1 aromatic rings. The Hall–Kier alpha value is -1.15. The third kappa shape index (κ3) is 4.75. The van der Waals surface area contributed by atoms with Gasteiger partial charge in [0.2, 0.25) is 0 Å². The summed E-state index contributed by atoms with van der Waals surface area (Å²) in [5.74, 6) is 0.268. The normalized spacial score (nSPS) is 10.6. The van der Waals surface area contributed by atoms with Crippen molar-refractivity contribution in [2.45, 2.75) is 19.3 Å². The maximum Gasteiger partial charge on any atom is 0.162 e. The topological polar surface area (TPSA) is 21.5 Å². The highest BCUT2D eigenvalue weighted by Gasteiger charge is 2.04. The average Bonchev–Trinajstić information content (AvgIpc) is 2.25. The van der Waals surface area contributed by atoms with Gasteiger partial charge in [0.1, 0.15) is 0 Å². The Balaban J connectivity index is 2.25. The molecule has 1 N–H and O–H groups in total. The van der Waals surface area contributed by atoms with Crippen LogP contribution in [-0.2, 0) is 0 Å². The van der Waals surface area contributed by atoms with Gasteiger partial charge in [-0.05, 0) is 12.8 Å². The summed E-state index contributed by atoms with van der Waals surface area (Å²) < 4.78 is 0. The molecule has 0 radical (unpaired) electrons. The third-order valence-electron chi connectivity index (χ3n) is 2.43. The van der Waals surface area contributed by atoms with Crippen LogP contribution in [0.15, 0.2) is 30.3 Å². The van der Waals surface area contributed by atoms with Crippen LogP contribution >= 0.6 is 0 Å². The molecule has 0 aliphatic heterocycles. The lowest BCUT2D eigenvalue weighted by molar-refractivity contribution is -0.858. The number of unbranched alkanes of at least 4 members (excludes halogenated alkanes) is 1. The monoisotopic (exact) mass is 206 g/mol. The first-order valence-electron chi connectivity index (χ1n) is 5.57. The molecule has 0 atom stereocenters. The van der Waals surface area contributed by atoms with Crippen LogP contribution in [0.1, 0.15) is 29.6 Å². The number of carbonyl (C=O) groups is 1. The molecule has 1 aromatic carbocycles. The van der Waals surface area contributed by atoms with Gasteiger partial charge in [-0.1, -0.05) is 30.3 Å². The fourth-order valence-corrected chi connectivity index (χ4v) is 1.53. The maximum absolute atomic E-state index is 11.7. The lowest BCUT2D eigenvalue weighted by atomic mass is 10.1. The molecule has 0 unspecified atom stereocenters. The summed E-state index contributed by atoms with van der Waals surface area (Å²) in [5.41, 5.74) is 0.842. The van der Waals surface area contributed by atoms with Crippen molar-refractivity contribution in [2.24, 2.45) is 0 Å². The first-order chi connectivity index (χ1) is 7.20. The van der Waals surface area contributed by atoms with Gasteiger partial charge < -0.3 is 4.90 Å². The van der Waals surface area contributed by atoms with Crippen molar-refractivity contribution in [2.75, 3.05) is 20.6 Å². The van der Waals surface area contributed by atoms with E-state index in [1.165, 1.54) is 4.90 Å². The summed E-state index contributed by atoms with van der Waals surface area (Å²) in [6.45, 7) is 1.14. The second kappa shape index (κ2) is 6.36. The lowest BCUT2D eigenvalue weighted by Gasteiger charge is -2.06. The van der Waals surface area contributed by atoms with E-state index in [1.807, 2.05) is 30.3 Å². The van der Waals surface area contributed by atoms with Gasteiger partial charge in [-0.15, -0.1) is 0 Å². The van der Waals surface area contributed by atoms with Crippen molar-refractivity contribution < 1.29 is 9.69 Å². The van der Waals surface area contributed by atoms with E-state index in [1.54, 1.807) is 0 Å². The Morgan fingerprint density at radius 2 is 1.80 bits per heavy atom. The Morgan fingerprint density at radius 3 is 2.40 bits per heavy atom. The van der Waals surface area contributed by atoms with Crippen LogP contribution in [0.2, 0.25) is 0 Å². The summed E-state index contributed by atoms with van der Waals surface area (Å²) >= 11 is 0. The van der Waals surface area contributed by atoms with Gasteiger partial charge in [-0.2, -0.15) is 0 Å². The molecule has 0 saturated carbocycles. The zero-order valence-corrected chi connectivity index (χ0v) is 9.62. The molecule has 0 aliphatic carbocycles. The van der Waals surface area contributed by atoms with E-state index in [4.69, 9.17) is 0 Å². The van der Waals surface area contributed by atoms with Crippen LogP contribution in [-0.4, -0.2) is 26.4 Å². The van der Waals surface area contributed by atoms with Gasteiger partial charge in [-0.3, -0.25) is 4.79 Å². The van der Waals surface area contributed by atoms with Gasteiger partial charge in [-0.25, -0.2) is 0 Å². The van der Waals surface area contributed by atoms with Gasteiger partial charge in [0.25, 0.3) is 0 Å². The smallest absolute Gasteiger partial charge is 0.162 e. The van der Waals surface area contributed by atoms with Gasteiger partial charge >= 0.3 is 0 Å². The van der Waals surface area contributed by atoms with Crippen molar-refractivity contribution >= 4 is 5.78 Å². The highest BCUT2D eigenvalue weighted by molar-refractivity contribution is 5.95. The van der Waals surface area contributed by atoms with Crippen LogP contribution in [0, 0.1) is 0 Å². The SMILES string of the molecule is C[NH+](C)CCCCC(=O)c1ccccc1. The molecular weight excluding hydrogens is 186 g/mol. The summed E-state index contributed by atoms with van der Waals surface area (Å²) in [6, 6.07) is 9.54.